The number of piperazine rings is 1. The van der Waals surface area contributed by atoms with Crippen LogP contribution in [0, 0.1) is 0 Å². The zero-order chi connectivity index (χ0) is 13.4. The second kappa shape index (κ2) is 4.94. The van der Waals surface area contributed by atoms with E-state index in [9.17, 15) is 4.79 Å². The molecule has 2 atom stereocenters. The summed E-state index contributed by atoms with van der Waals surface area (Å²) < 4.78 is 1.18. The van der Waals surface area contributed by atoms with Crippen LogP contribution in [0.15, 0.2) is 30.3 Å². The average molecular weight is 274 g/mol. The summed E-state index contributed by atoms with van der Waals surface area (Å²) in [5.74, 6) is 0.168. The lowest BCUT2D eigenvalue weighted by atomic mass is 10.1. The summed E-state index contributed by atoms with van der Waals surface area (Å²) in [5, 5.41) is 4.61. The number of carbonyl (C=O) groups excluding carboxylic acids is 1. The number of rotatable bonds is 1. The van der Waals surface area contributed by atoms with Crippen molar-refractivity contribution >= 4 is 27.3 Å². The van der Waals surface area contributed by atoms with Gasteiger partial charge in [-0.1, -0.05) is 18.2 Å². The molecule has 1 N–H and O–H groups in total. The molecule has 4 heteroatoms. The fraction of sp³-hybridized carbons (Fsp3) is 0.400. The Kier molecular flexibility index (Phi) is 3.29. The minimum Gasteiger partial charge on any atom is -0.335 e. The van der Waals surface area contributed by atoms with Gasteiger partial charge in [0.25, 0.3) is 5.91 Å². The van der Waals surface area contributed by atoms with Gasteiger partial charge in [0, 0.05) is 29.9 Å². The Balaban J connectivity index is 1.86. The molecule has 19 heavy (non-hydrogen) atoms. The molecule has 1 saturated heterocycles. The third-order valence-electron chi connectivity index (χ3n) is 3.48. The van der Waals surface area contributed by atoms with Crippen molar-refractivity contribution in [3.8, 4) is 0 Å². The van der Waals surface area contributed by atoms with Gasteiger partial charge in [-0.15, -0.1) is 11.3 Å². The van der Waals surface area contributed by atoms with Crippen LogP contribution in [0.25, 0.3) is 10.1 Å². The lowest BCUT2D eigenvalue weighted by molar-refractivity contribution is 0.0679. The maximum atomic E-state index is 12.6. The van der Waals surface area contributed by atoms with Gasteiger partial charge in [0.2, 0.25) is 0 Å². The summed E-state index contributed by atoms with van der Waals surface area (Å²) in [5.41, 5.74) is 0. The van der Waals surface area contributed by atoms with E-state index >= 15 is 0 Å². The van der Waals surface area contributed by atoms with E-state index in [0.29, 0.717) is 12.1 Å². The fourth-order valence-corrected chi connectivity index (χ4v) is 3.77. The molecule has 2 heterocycles. The fourth-order valence-electron chi connectivity index (χ4n) is 2.74. The van der Waals surface area contributed by atoms with E-state index in [1.807, 2.05) is 23.1 Å². The first kappa shape index (κ1) is 12.6. The number of nitrogens with zero attached hydrogens (tertiary/aromatic N) is 1. The normalized spacial score (nSPS) is 23.8. The molecule has 1 aliphatic rings. The van der Waals surface area contributed by atoms with Crippen molar-refractivity contribution in [1.82, 2.24) is 10.2 Å². The lowest BCUT2D eigenvalue weighted by Crippen LogP contribution is -2.55. The molecule has 0 spiro atoms. The van der Waals surface area contributed by atoms with Gasteiger partial charge in [-0.05, 0) is 31.4 Å². The van der Waals surface area contributed by atoms with Crippen LogP contribution in [0.4, 0.5) is 0 Å². The molecule has 1 aliphatic heterocycles. The number of benzene rings is 1. The second-order valence-corrected chi connectivity index (χ2v) is 6.41. The summed E-state index contributed by atoms with van der Waals surface area (Å²) in [7, 11) is 0. The van der Waals surface area contributed by atoms with Crippen molar-refractivity contribution in [1.29, 1.82) is 0 Å². The minimum atomic E-state index is 0.168. The quantitative estimate of drug-likeness (QED) is 0.867. The molecule has 1 fully saturated rings. The van der Waals surface area contributed by atoms with E-state index in [2.05, 4.69) is 31.3 Å². The number of hydrogen-bond acceptors (Lipinski definition) is 3. The molecule has 0 bridgehead atoms. The first-order valence-corrected chi connectivity index (χ1v) is 7.49. The first-order valence-electron chi connectivity index (χ1n) is 6.67. The van der Waals surface area contributed by atoms with Gasteiger partial charge in [0.05, 0.1) is 4.88 Å². The molecule has 1 aromatic carbocycles. The number of carbonyl (C=O) groups is 1. The average Bonchev–Trinajstić information content (AvgIpc) is 2.80. The number of thiophene rings is 1. The molecule has 0 radical (unpaired) electrons. The number of amides is 1. The van der Waals surface area contributed by atoms with Crippen molar-refractivity contribution in [3.63, 3.8) is 0 Å². The smallest absolute Gasteiger partial charge is 0.264 e. The molecular formula is C15H18N2OS. The van der Waals surface area contributed by atoms with Crippen LogP contribution in [0.5, 0.6) is 0 Å². The number of nitrogens with one attached hydrogen (secondary N) is 1. The molecule has 3 nitrogen and oxygen atoms in total. The molecule has 3 rings (SSSR count). The highest BCUT2D eigenvalue weighted by Gasteiger charge is 2.26. The number of hydrogen-bond donors (Lipinski definition) is 1. The summed E-state index contributed by atoms with van der Waals surface area (Å²) in [6, 6.07) is 10.9. The maximum absolute atomic E-state index is 12.6. The van der Waals surface area contributed by atoms with Gasteiger partial charge >= 0.3 is 0 Å². The standard InChI is InChI=1S/C15H18N2OS/c1-10-8-17(9-11(2)16-10)15(18)14-7-12-5-3-4-6-13(12)19-14/h3-7,10-11,16H,8-9H2,1-2H3. The van der Waals surface area contributed by atoms with Gasteiger partial charge in [0.15, 0.2) is 0 Å². The Morgan fingerprint density at radius 2 is 1.95 bits per heavy atom. The Bertz CT molecular complexity index is 564. The van der Waals surface area contributed by atoms with Crippen LogP contribution in [0.2, 0.25) is 0 Å². The van der Waals surface area contributed by atoms with Crippen molar-refractivity contribution < 1.29 is 4.79 Å². The second-order valence-electron chi connectivity index (χ2n) is 5.33. The van der Waals surface area contributed by atoms with Gasteiger partial charge in [-0.25, -0.2) is 0 Å². The van der Waals surface area contributed by atoms with E-state index in [4.69, 9.17) is 0 Å². The molecule has 100 valence electrons. The van der Waals surface area contributed by atoms with Crippen LogP contribution in [-0.2, 0) is 0 Å². The Morgan fingerprint density at radius 1 is 1.26 bits per heavy atom. The highest BCUT2D eigenvalue weighted by molar-refractivity contribution is 7.20. The van der Waals surface area contributed by atoms with Crippen molar-refractivity contribution in [2.45, 2.75) is 25.9 Å². The Labute approximate surface area is 117 Å². The third kappa shape index (κ3) is 2.51. The molecule has 1 aromatic heterocycles. The van der Waals surface area contributed by atoms with Crippen LogP contribution in [0.1, 0.15) is 23.5 Å². The van der Waals surface area contributed by atoms with E-state index in [1.165, 1.54) is 4.70 Å². The van der Waals surface area contributed by atoms with Crippen LogP contribution < -0.4 is 5.32 Å². The molecular weight excluding hydrogens is 256 g/mol. The van der Waals surface area contributed by atoms with Crippen LogP contribution in [-0.4, -0.2) is 36.0 Å². The summed E-state index contributed by atoms with van der Waals surface area (Å²) >= 11 is 1.59. The third-order valence-corrected chi connectivity index (χ3v) is 4.59. The van der Waals surface area contributed by atoms with Gasteiger partial charge in [-0.3, -0.25) is 4.79 Å². The molecule has 2 aromatic rings. The summed E-state index contributed by atoms with van der Waals surface area (Å²) in [6.45, 7) is 5.83. The zero-order valence-corrected chi connectivity index (χ0v) is 12.0. The zero-order valence-electron chi connectivity index (χ0n) is 11.2. The predicted octanol–water partition coefficient (Wildman–Crippen LogP) is 2.72. The van der Waals surface area contributed by atoms with Crippen molar-refractivity contribution in [3.05, 3.63) is 35.2 Å². The monoisotopic (exact) mass is 274 g/mol. The number of fused-ring (bicyclic) bond motifs is 1. The van der Waals surface area contributed by atoms with Gasteiger partial charge in [-0.2, -0.15) is 0 Å². The van der Waals surface area contributed by atoms with Gasteiger partial charge < -0.3 is 10.2 Å². The molecule has 0 saturated carbocycles. The van der Waals surface area contributed by atoms with Gasteiger partial charge in [0.1, 0.15) is 0 Å². The Morgan fingerprint density at radius 3 is 2.63 bits per heavy atom. The SMILES string of the molecule is CC1CN(C(=O)c2cc3ccccc3s2)CC(C)N1. The van der Waals surface area contributed by atoms with E-state index < -0.39 is 0 Å². The van der Waals surface area contributed by atoms with E-state index in [1.54, 1.807) is 11.3 Å². The highest BCUT2D eigenvalue weighted by atomic mass is 32.1. The minimum absolute atomic E-state index is 0.168. The van der Waals surface area contributed by atoms with Crippen LogP contribution in [0.3, 0.4) is 0 Å². The molecule has 0 aliphatic carbocycles. The molecule has 2 unspecified atom stereocenters. The summed E-state index contributed by atoms with van der Waals surface area (Å²) in [4.78, 5) is 15.4. The van der Waals surface area contributed by atoms with Crippen LogP contribution >= 0.6 is 11.3 Å². The Hall–Kier alpha value is -1.39. The van der Waals surface area contributed by atoms with Crippen molar-refractivity contribution in [2.75, 3.05) is 13.1 Å². The highest BCUT2D eigenvalue weighted by Crippen LogP contribution is 2.26. The van der Waals surface area contributed by atoms with E-state index in [-0.39, 0.29) is 5.91 Å². The predicted molar refractivity (Wildman–Crippen MR) is 79.8 cm³/mol. The van der Waals surface area contributed by atoms with Crippen molar-refractivity contribution in [2.24, 2.45) is 0 Å². The summed E-state index contributed by atoms with van der Waals surface area (Å²) in [6.07, 6.45) is 0. The maximum Gasteiger partial charge on any atom is 0.264 e. The topological polar surface area (TPSA) is 32.3 Å². The molecule has 1 amide bonds. The van der Waals surface area contributed by atoms with E-state index in [0.717, 1.165) is 23.4 Å². The lowest BCUT2D eigenvalue weighted by Gasteiger charge is -2.35. The largest absolute Gasteiger partial charge is 0.335 e. The first-order chi connectivity index (χ1) is 9.13.